The SMILES string of the molecule is N/C(=N/O)c1ccnc(N2CCC(CO)C2)c1. The van der Waals surface area contributed by atoms with Gasteiger partial charge in [-0.05, 0) is 18.6 Å². The molecule has 0 saturated carbocycles. The molecule has 0 spiro atoms. The van der Waals surface area contributed by atoms with Gasteiger partial charge < -0.3 is 20.9 Å². The molecule has 1 atom stereocenters. The first-order valence-corrected chi connectivity index (χ1v) is 5.54. The Balaban J connectivity index is 2.17. The number of anilines is 1. The van der Waals surface area contributed by atoms with Crippen molar-refractivity contribution in [3.63, 3.8) is 0 Å². The molecule has 1 aliphatic heterocycles. The summed E-state index contributed by atoms with van der Waals surface area (Å²) < 4.78 is 0. The molecule has 0 radical (unpaired) electrons. The second kappa shape index (κ2) is 5.01. The summed E-state index contributed by atoms with van der Waals surface area (Å²) in [5.74, 6) is 1.18. The smallest absolute Gasteiger partial charge is 0.170 e. The van der Waals surface area contributed by atoms with Crippen LogP contribution in [-0.2, 0) is 0 Å². The van der Waals surface area contributed by atoms with Crippen molar-refractivity contribution in [2.75, 3.05) is 24.6 Å². The number of aliphatic hydroxyl groups excluding tert-OH is 1. The largest absolute Gasteiger partial charge is 0.409 e. The summed E-state index contributed by atoms with van der Waals surface area (Å²) in [6.07, 6.45) is 2.60. The van der Waals surface area contributed by atoms with Crippen LogP contribution in [0.2, 0.25) is 0 Å². The number of amidine groups is 1. The molecule has 92 valence electrons. The van der Waals surface area contributed by atoms with Gasteiger partial charge in [0, 0.05) is 37.4 Å². The van der Waals surface area contributed by atoms with Crippen LogP contribution in [0.25, 0.3) is 0 Å². The molecule has 6 nitrogen and oxygen atoms in total. The van der Waals surface area contributed by atoms with E-state index in [0.29, 0.717) is 11.5 Å². The van der Waals surface area contributed by atoms with E-state index in [2.05, 4.69) is 15.0 Å². The standard InChI is InChI=1S/C11H16N4O2/c12-11(14-17)9-1-3-13-10(5-9)15-4-2-8(6-15)7-16/h1,3,5,8,16-17H,2,4,6-7H2,(H2,12,14). The van der Waals surface area contributed by atoms with Crippen LogP contribution in [0.4, 0.5) is 5.82 Å². The first-order valence-electron chi connectivity index (χ1n) is 5.54. The summed E-state index contributed by atoms with van der Waals surface area (Å²) in [5.41, 5.74) is 6.17. The highest BCUT2D eigenvalue weighted by Gasteiger charge is 2.22. The minimum Gasteiger partial charge on any atom is -0.409 e. The predicted octanol–water partition coefficient (Wildman–Crippen LogP) is -0.00530. The molecular weight excluding hydrogens is 220 g/mol. The number of nitrogens with zero attached hydrogens (tertiary/aromatic N) is 3. The number of oxime groups is 1. The Morgan fingerprint density at radius 2 is 2.47 bits per heavy atom. The molecule has 1 aromatic heterocycles. The first-order chi connectivity index (χ1) is 8.24. The third-order valence-corrected chi connectivity index (χ3v) is 3.02. The summed E-state index contributed by atoms with van der Waals surface area (Å²) in [6.45, 7) is 1.87. The number of nitrogens with two attached hydrogens (primary N) is 1. The highest BCUT2D eigenvalue weighted by atomic mass is 16.4. The van der Waals surface area contributed by atoms with Gasteiger partial charge in [-0.1, -0.05) is 5.16 Å². The number of pyridine rings is 1. The Hall–Kier alpha value is -1.82. The molecule has 1 unspecified atom stereocenters. The molecule has 1 aromatic rings. The Morgan fingerprint density at radius 3 is 3.12 bits per heavy atom. The fraction of sp³-hybridized carbons (Fsp3) is 0.455. The van der Waals surface area contributed by atoms with E-state index < -0.39 is 0 Å². The third-order valence-electron chi connectivity index (χ3n) is 3.02. The molecule has 2 heterocycles. The van der Waals surface area contributed by atoms with Crippen molar-refractivity contribution < 1.29 is 10.3 Å². The van der Waals surface area contributed by atoms with Gasteiger partial charge in [0.25, 0.3) is 0 Å². The Kier molecular flexibility index (Phi) is 3.43. The number of aliphatic hydroxyl groups is 1. The van der Waals surface area contributed by atoms with Crippen molar-refractivity contribution in [3.05, 3.63) is 23.9 Å². The van der Waals surface area contributed by atoms with Gasteiger partial charge >= 0.3 is 0 Å². The molecule has 1 saturated heterocycles. The topological polar surface area (TPSA) is 95.0 Å². The molecule has 4 N–H and O–H groups in total. The minimum atomic E-state index is 0.0755. The van der Waals surface area contributed by atoms with Crippen LogP contribution in [0.1, 0.15) is 12.0 Å². The third kappa shape index (κ3) is 2.47. The van der Waals surface area contributed by atoms with Crippen LogP contribution >= 0.6 is 0 Å². The summed E-state index contributed by atoms with van der Waals surface area (Å²) in [5, 5.41) is 20.7. The fourth-order valence-corrected chi connectivity index (χ4v) is 2.00. The summed E-state index contributed by atoms with van der Waals surface area (Å²) in [6, 6.07) is 3.48. The van der Waals surface area contributed by atoms with Crippen LogP contribution in [0.15, 0.2) is 23.5 Å². The normalized spacial score (nSPS) is 20.9. The monoisotopic (exact) mass is 236 g/mol. The average molecular weight is 236 g/mol. The van der Waals surface area contributed by atoms with Crippen molar-refractivity contribution in [2.24, 2.45) is 16.8 Å². The van der Waals surface area contributed by atoms with Crippen molar-refractivity contribution in [1.82, 2.24) is 4.98 Å². The minimum absolute atomic E-state index is 0.0755. The van der Waals surface area contributed by atoms with E-state index in [-0.39, 0.29) is 12.4 Å². The van der Waals surface area contributed by atoms with Gasteiger partial charge in [0.2, 0.25) is 0 Å². The number of rotatable bonds is 3. The zero-order valence-electron chi connectivity index (χ0n) is 9.45. The molecular formula is C11H16N4O2. The molecule has 0 bridgehead atoms. The maximum Gasteiger partial charge on any atom is 0.170 e. The lowest BCUT2D eigenvalue weighted by Crippen LogP contribution is -2.22. The van der Waals surface area contributed by atoms with E-state index in [4.69, 9.17) is 16.0 Å². The first kappa shape index (κ1) is 11.7. The van der Waals surface area contributed by atoms with Gasteiger partial charge in [0.05, 0.1) is 0 Å². The van der Waals surface area contributed by atoms with E-state index in [0.717, 1.165) is 25.3 Å². The van der Waals surface area contributed by atoms with E-state index in [1.165, 1.54) is 0 Å². The summed E-state index contributed by atoms with van der Waals surface area (Å²) >= 11 is 0. The van der Waals surface area contributed by atoms with E-state index >= 15 is 0 Å². The van der Waals surface area contributed by atoms with Crippen molar-refractivity contribution in [1.29, 1.82) is 0 Å². The van der Waals surface area contributed by atoms with Gasteiger partial charge in [0.1, 0.15) is 5.82 Å². The number of hydrogen-bond acceptors (Lipinski definition) is 5. The fourth-order valence-electron chi connectivity index (χ4n) is 2.00. The average Bonchev–Trinajstić information content (AvgIpc) is 2.86. The second-order valence-electron chi connectivity index (χ2n) is 4.17. The lowest BCUT2D eigenvalue weighted by molar-refractivity contribution is 0.238. The van der Waals surface area contributed by atoms with Gasteiger partial charge in [-0.3, -0.25) is 0 Å². The molecule has 0 aliphatic carbocycles. The zero-order valence-corrected chi connectivity index (χ0v) is 9.45. The molecule has 1 fully saturated rings. The molecule has 6 heteroatoms. The Morgan fingerprint density at radius 1 is 1.65 bits per heavy atom. The van der Waals surface area contributed by atoms with Crippen LogP contribution in [-0.4, -0.2) is 40.8 Å². The van der Waals surface area contributed by atoms with Crippen molar-refractivity contribution >= 4 is 11.7 Å². The van der Waals surface area contributed by atoms with Crippen LogP contribution < -0.4 is 10.6 Å². The molecule has 0 amide bonds. The van der Waals surface area contributed by atoms with Crippen LogP contribution in [0.3, 0.4) is 0 Å². The zero-order chi connectivity index (χ0) is 12.3. The quantitative estimate of drug-likeness (QED) is 0.297. The van der Waals surface area contributed by atoms with E-state index in [1.54, 1.807) is 18.3 Å². The van der Waals surface area contributed by atoms with Crippen molar-refractivity contribution in [3.8, 4) is 0 Å². The van der Waals surface area contributed by atoms with Gasteiger partial charge in [-0.15, -0.1) is 0 Å². The Bertz CT molecular complexity index is 422. The highest BCUT2D eigenvalue weighted by molar-refractivity contribution is 5.97. The van der Waals surface area contributed by atoms with E-state index in [9.17, 15) is 0 Å². The number of aromatic nitrogens is 1. The maximum absolute atomic E-state index is 9.09. The predicted molar refractivity (Wildman–Crippen MR) is 64.2 cm³/mol. The summed E-state index contributed by atoms with van der Waals surface area (Å²) in [4.78, 5) is 6.35. The molecule has 2 rings (SSSR count). The van der Waals surface area contributed by atoms with E-state index in [1.807, 2.05) is 0 Å². The summed E-state index contributed by atoms with van der Waals surface area (Å²) in [7, 11) is 0. The maximum atomic E-state index is 9.09. The lowest BCUT2D eigenvalue weighted by Gasteiger charge is -2.17. The number of hydrogen-bond donors (Lipinski definition) is 3. The highest BCUT2D eigenvalue weighted by Crippen LogP contribution is 2.22. The van der Waals surface area contributed by atoms with Crippen LogP contribution in [0, 0.1) is 5.92 Å². The second-order valence-corrected chi connectivity index (χ2v) is 4.17. The molecule has 0 aromatic carbocycles. The van der Waals surface area contributed by atoms with Gasteiger partial charge in [-0.2, -0.15) is 0 Å². The molecule has 17 heavy (non-hydrogen) atoms. The van der Waals surface area contributed by atoms with Crippen LogP contribution in [0.5, 0.6) is 0 Å². The Labute approximate surface area is 99.4 Å². The lowest BCUT2D eigenvalue weighted by atomic mass is 10.1. The van der Waals surface area contributed by atoms with Gasteiger partial charge in [0.15, 0.2) is 5.84 Å². The van der Waals surface area contributed by atoms with Crippen molar-refractivity contribution in [2.45, 2.75) is 6.42 Å². The molecule has 1 aliphatic rings. The van der Waals surface area contributed by atoms with Gasteiger partial charge in [-0.25, -0.2) is 4.98 Å².